The third kappa shape index (κ3) is 1.52. The highest BCUT2D eigenvalue weighted by Gasteiger charge is 2.40. The molecule has 0 bridgehead atoms. The summed E-state index contributed by atoms with van der Waals surface area (Å²) < 4.78 is 0. The molecule has 0 heterocycles. The molecule has 0 aromatic carbocycles. The largest absolute Gasteiger partial charge is 0.390 e. The highest BCUT2D eigenvalue weighted by Crippen LogP contribution is 2.20. The molecule has 0 amide bonds. The van der Waals surface area contributed by atoms with Crippen LogP contribution in [0.4, 0.5) is 0 Å². The molecule has 66 valence electrons. The second-order valence-corrected chi connectivity index (χ2v) is 2.84. The Balaban J connectivity index is 2.63. The molecule has 1 rings (SSSR count). The SMILES string of the molecule is O[C@@H]1[C@@H](O)[C@H](O)C[C@H](O)[C@H]1O. The maximum Gasteiger partial charge on any atom is 0.111 e. The van der Waals surface area contributed by atoms with E-state index >= 15 is 0 Å². The van der Waals surface area contributed by atoms with Gasteiger partial charge in [-0.25, -0.2) is 0 Å². The number of hydrogen-bond donors (Lipinski definition) is 5. The van der Waals surface area contributed by atoms with E-state index in [4.69, 9.17) is 25.5 Å². The van der Waals surface area contributed by atoms with Gasteiger partial charge in [0.25, 0.3) is 0 Å². The van der Waals surface area contributed by atoms with Crippen LogP contribution in [0.3, 0.4) is 0 Å². The monoisotopic (exact) mass is 164 g/mol. The van der Waals surface area contributed by atoms with Gasteiger partial charge in [0.05, 0.1) is 12.2 Å². The second-order valence-electron chi connectivity index (χ2n) is 2.84. The van der Waals surface area contributed by atoms with Crippen molar-refractivity contribution < 1.29 is 25.5 Å². The van der Waals surface area contributed by atoms with Crippen LogP contribution in [0.25, 0.3) is 0 Å². The van der Waals surface area contributed by atoms with Crippen molar-refractivity contribution in [3.8, 4) is 0 Å². The molecule has 1 aliphatic rings. The fourth-order valence-corrected chi connectivity index (χ4v) is 1.18. The topological polar surface area (TPSA) is 101 Å². The standard InChI is InChI=1S/C6H12O5/c7-2-1-3(8)5(10)6(11)4(2)9/h2-11H,1H2/t2-,3+,4+,5-,6-. The zero-order valence-corrected chi connectivity index (χ0v) is 5.83. The second kappa shape index (κ2) is 3.04. The highest BCUT2D eigenvalue weighted by atomic mass is 16.4. The average Bonchev–Trinajstić information content (AvgIpc) is 1.97. The summed E-state index contributed by atoms with van der Waals surface area (Å²) in [5.41, 5.74) is 0. The van der Waals surface area contributed by atoms with E-state index in [1.807, 2.05) is 0 Å². The first-order valence-electron chi connectivity index (χ1n) is 3.44. The van der Waals surface area contributed by atoms with E-state index in [1.54, 1.807) is 0 Å². The quantitative estimate of drug-likeness (QED) is 0.266. The van der Waals surface area contributed by atoms with Crippen LogP contribution in [0, 0.1) is 0 Å². The van der Waals surface area contributed by atoms with Gasteiger partial charge >= 0.3 is 0 Å². The Morgan fingerprint density at radius 3 is 1.36 bits per heavy atom. The maximum atomic E-state index is 8.97. The molecule has 0 aromatic heterocycles. The van der Waals surface area contributed by atoms with Crippen molar-refractivity contribution in [2.45, 2.75) is 36.9 Å². The van der Waals surface area contributed by atoms with Gasteiger partial charge in [-0.15, -0.1) is 0 Å². The summed E-state index contributed by atoms with van der Waals surface area (Å²) in [4.78, 5) is 0. The fourth-order valence-electron chi connectivity index (χ4n) is 1.18. The molecule has 5 atom stereocenters. The van der Waals surface area contributed by atoms with Crippen molar-refractivity contribution in [1.82, 2.24) is 0 Å². The van der Waals surface area contributed by atoms with Crippen LogP contribution in [-0.4, -0.2) is 56.1 Å². The summed E-state index contributed by atoms with van der Waals surface area (Å²) in [5.74, 6) is 0. The average molecular weight is 164 g/mol. The first-order valence-corrected chi connectivity index (χ1v) is 3.44. The zero-order chi connectivity index (χ0) is 8.59. The Kier molecular flexibility index (Phi) is 2.46. The van der Waals surface area contributed by atoms with Crippen LogP contribution < -0.4 is 0 Å². The number of aliphatic hydroxyl groups excluding tert-OH is 5. The lowest BCUT2D eigenvalue weighted by Crippen LogP contribution is -2.55. The molecule has 5 N–H and O–H groups in total. The molecule has 1 saturated carbocycles. The lowest BCUT2D eigenvalue weighted by Gasteiger charge is -2.35. The van der Waals surface area contributed by atoms with Crippen LogP contribution in [0.15, 0.2) is 0 Å². The van der Waals surface area contributed by atoms with Crippen LogP contribution in [0.5, 0.6) is 0 Å². The molecule has 0 spiro atoms. The molecule has 5 heteroatoms. The van der Waals surface area contributed by atoms with Crippen molar-refractivity contribution in [2.24, 2.45) is 0 Å². The fraction of sp³-hybridized carbons (Fsp3) is 1.00. The van der Waals surface area contributed by atoms with Gasteiger partial charge in [-0.05, 0) is 0 Å². The number of hydrogen-bond acceptors (Lipinski definition) is 5. The summed E-state index contributed by atoms with van der Waals surface area (Å²) >= 11 is 0. The van der Waals surface area contributed by atoms with E-state index in [-0.39, 0.29) is 6.42 Å². The Bertz CT molecular complexity index is 125. The van der Waals surface area contributed by atoms with Crippen molar-refractivity contribution in [2.75, 3.05) is 0 Å². The van der Waals surface area contributed by atoms with Crippen molar-refractivity contribution in [3.05, 3.63) is 0 Å². The van der Waals surface area contributed by atoms with Crippen LogP contribution >= 0.6 is 0 Å². The van der Waals surface area contributed by atoms with Gasteiger partial charge in [0.2, 0.25) is 0 Å². The summed E-state index contributed by atoms with van der Waals surface area (Å²) in [5, 5.41) is 44.8. The summed E-state index contributed by atoms with van der Waals surface area (Å²) in [7, 11) is 0. The smallest absolute Gasteiger partial charge is 0.111 e. The first-order chi connectivity index (χ1) is 5.04. The molecule has 0 aliphatic heterocycles. The predicted octanol–water partition coefficient (Wildman–Crippen LogP) is -2.81. The molecular formula is C6H12O5. The summed E-state index contributed by atoms with van der Waals surface area (Å²) in [6.07, 6.45) is -6.64. The molecule has 0 saturated heterocycles. The normalized spacial score (nSPS) is 52.6. The van der Waals surface area contributed by atoms with E-state index in [9.17, 15) is 0 Å². The van der Waals surface area contributed by atoms with E-state index in [0.29, 0.717) is 0 Å². The molecule has 1 fully saturated rings. The molecular weight excluding hydrogens is 152 g/mol. The third-order valence-electron chi connectivity index (χ3n) is 1.97. The summed E-state index contributed by atoms with van der Waals surface area (Å²) in [6, 6.07) is 0. The maximum absolute atomic E-state index is 8.97. The van der Waals surface area contributed by atoms with Crippen molar-refractivity contribution in [3.63, 3.8) is 0 Å². The van der Waals surface area contributed by atoms with Gasteiger partial charge in [0.1, 0.15) is 18.3 Å². The van der Waals surface area contributed by atoms with E-state index in [0.717, 1.165) is 0 Å². The zero-order valence-electron chi connectivity index (χ0n) is 5.83. The molecule has 0 aromatic rings. The van der Waals surface area contributed by atoms with E-state index in [1.165, 1.54) is 0 Å². The van der Waals surface area contributed by atoms with Crippen LogP contribution in [0.1, 0.15) is 6.42 Å². The van der Waals surface area contributed by atoms with E-state index in [2.05, 4.69) is 0 Å². The van der Waals surface area contributed by atoms with Gasteiger partial charge in [0.15, 0.2) is 0 Å². The summed E-state index contributed by atoms with van der Waals surface area (Å²) in [6.45, 7) is 0. The van der Waals surface area contributed by atoms with Crippen molar-refractivity contribution >= 4 is 0 Å². The van der Waals surface area contributed by atoms with Crippen LogP contribution in [-0.2, 0) is 0 Å². The molecule has 1 aliphatic carbocycles. The van der Waals surface area contributed by atoms with Gasteiger partial charge in [-0.1, -0.05) is 0 Å². The highest BCUT2D eigenvalue weighted by molar-refractivity contribution is 4.92. The van der Waals surface area contributed by atoms with Gasteiger partial charge < -0.3 is 25.5 Å². The molecule has 5 nitrogen and oxygen atoms in total. The lowest BCUT2D eigenvalue weighted by atomic mass is 9.87. The molecule has 11 heavy (non-hydrogen) atoms. The van der Waals surface area contributed by atoms with Gasteiger partial charge in [-0.2, -0.15) is 0 Å². The predicted molar refractivity (Wildman–Crippen MR) is 34.7 cm³/mol. The lowest BCUT2D eigenvalue weighted by molar-refractivity contribution is -0.176. The van der Waals surface area contributed by atoms with E-state index < -0.39 is 30.5 Å². The molecule has 0 unspecified atom stereocenters. The minimum Gasteiger partial charge on any atom is -0.390 e. The number of rotatable bonds is 0. The third-order valence-corrected chi connectivity index (χ3v) is 1.97. The Morgan fingerprint density at radius 2 is 1.00 bits per heavy atom. The van der Waals surface area contributed by atoms with Crippen molar-refractivity contribution in [1.29, 1.82) is 0 Å². The van der Waals surface area contributed by atoms with Gasteiger partial charge in [-0.3, -0.25) is 0 Å². The first kappa shape index (κ1) is 8.89. The van der Waals surface area contributed by atoms with Gasteiger partial charge in [0, 0.05) is 6.42 Å². The Labute approximate surface area is 63.5 Å². The Morgan fingerprint density at radius 1 is 0.636 bits per heavy atom. The Hall–Kier alpha value is -0.200. The minimum absolute atomic E-state index is 0.112. The minimum atomic E-state index is -1.46. The number of aliphatic hydroxyl groups is 5. The van der Waals surface area contributed by atoms with Crippen LogP contribution in [0.2, 0.25) is 0 Å². The molecule has 0 radical (unpaired) electrons.